The van der Waals surface area contributed by atoms with E-state index in [4.69, 9.17) is 4.74 Å². The first-order valence-corrected chi connectivity index (χ1v) is 4.75. The molecular weight excluding hydrogens is 152 g/mol. The van der Waals surface area contributed by atoms with Crippen LogP contribution in [0.2, 0.25) is 0 Å². The highest BCUT2D eigenvalue weighted by Gasteiger charge is 2.14. The summed E-state index contributed by atoms with van der Waals surface area (Å²) in [7, 11) is 1.70. The van der Waals surface area contributed by atoms with Crippen LogP contribution in [0.1, 0.15) is 33.6 Å². The SMILES string of the molecule is COCCC(C)C(O)CC(C)C. The van der Waals surface area contributed by atoms with Crippen LogP contribution >= 0.6 is 0 Å². The molecule has 1 N–H and O–H groups in total. The number of aliphatic hydroxyl groups excluding tert-OH is 1. The van der Waals surface area contributed by atoms with E-state index in [0.717, 1.165) is 19.4 Å². The Kier molecular flexibility index (Phi) is 6.39. The lowest BCUT2D eigenvalue weighted by Crippen LogP contribution is -2.20. The first-order chi connectivity index (χ1) is 5.57. The van der Waals surface area contributed by atoms with Gasteiger partial charge in [0.25, 0.3) is 0 Å². The van der Waals surface area contributed by atoms with Crippen LogP contribution in [0.25, 0.3) is 0 Å². The average Bonchev–Trinajstić information content (AvgIpc) is 1.98. The van der Waals surface area contributed by atoms with Crippen molar-refractivity contribution >= 4 is 0 Å². The molecule has 0 aliphatic carbocycles. The van der Waals surface area contributed by atoms with Crippen molar-refractivity contribution < 1.29 is 9.84 Å². The highest BCUT2D eigenvalue weighted by molar-refractivity contribution is 4.65. The molecule has 2 nitrogen and oxygen atoms in total. The molecule has 0 spiro atoms. The van der Waals surface area contributed by atoms with E-state index in [9.17, 15) is 5.11 Å². The van der Waals surface area contributed by atoms with E-state index < -0.39 is 0 Å². The molecule has 74 valence electrons. The molecule has 0 aromatic carbocycles. The van der Waals surface area contributed by atoms with Crippen molar-refractivity contribution in [2.24, 2.45) is 11.8 Å². The molecule has 0 saturated carbocycles. The van der Waals surface area contributed by atoms with Crippen LogP contribution in [0.15, 0.2) is 0 Å². The Balaban J connectivity index is 3.53. The first kappa shape index (κ1) is 11.9. The highest BCUT2D eigenvalue weighted by atomic mass is 16.5. The summed E-state index contributed by atoms with van der Waals surface area (Å²) in [6.45, 7) is 7.08. The van der Waals surface area contributed by atoms with E-state index >= 15 is 0 Å². The monoisotopic (exact) mass is 174 g/mol. The van der Waals surface area contributed by atoms with Crippen LogP contribution in [0, 0.1) is 11.8 Å². The van der Waals surface area contributed by atoms with Gasteiger partial charge in [0.15, 0.2) is 0 Å². The summed E-state index contributed by atoms with van der Waals surface area (Å²) in [5, 5.41) is 9.66. The molecule has 0 heterocycles. The molecule has 2 atom stereocenters. The van der Waals surface area contributed by atoms with E-state index in [0.29, 0.717) is 11.8 Å². The molecule has 0 amide bonds. The van der Waals surface area contributed by atoms with Gasteiger partial charge in [-0.1, -0.05) is 20.8 Å². The first-order valence-electron chi connectivity index (χ1n) is 4.75. The number of hydrogen-bond acceptors (Lipinski definition) is 2. The van der Waals surface area contributed by atoms with Gasteiger partial charge in [-0.25, -0.2) is 0 Å². The van der Waals surface area contributed by atoms with Gasteiger partial charge in [-0.05, 0) is 24.7 Å². The molecule has 0 radical (unpaired) electrons. The maximum atomic E-state index is 9.66. The molecule has 2 heteroatoms. The van der Waals surface area contributed by atoms with Crippen molar-refractivity contribution in [2.75, 3.05) is 13.7 Å². The minimum atomic E-state index is -0.167. The number of ether oxygens (including phenoxy) is 1. The smallest absolute Gasteiger partial charge is 0.0569 e. The summed E-state index contributed by atoms with van der Waals surface area (Å²) >= 11 is 0. The van der Waals surface area contributed by atoms with Gasteiger partial charge in [0.1, 0.15) is 0 Å². The van der Waals surface area contributed by atoms with Gasteiger partial charge in [0.05, 0.1) is 6.10 Å². The third-order valence-electron chi connectivity index (χ3n) is 2.15. The van der Waals surface area contributed by atoms with Gasteiger partial charge in [0, 0.05) is 13.7 Å². The maximum Gasteiger partial charge on any atom is 0.0569 e. The second kappa shape index (κ2) is 6.44. The Morgan fingerprint density at radius 3 is 2.25 bits per heavy atom. The Bertz CT molecular complexity index is 102. The van der Waals surface area contributed by atoms with Crippen LogP contribution in [-0.2, 0) is 4.74 Å². The van der Waals surface area contributed by atoms with Gasteiger partial charge in [-0.2, -0.15) is 0 Å². The Labute approximate surface area is 75.9 Å². The summed E-state index contributed by atoms with van der Waals surface area (Å²) < 4.78 is 4.96. The lowest BCUT2D eigenvalue weighted by atomic mass is 9.94. The normalized spacial score (nSPS) is 16.5. The predicted molar refractivity (Wildman–Crippen MR) is 51.1 cm³/mol. The van der Waals surface area contributed by atoms with E-state index in [1.165, 1.54) is 0 Å². The molecule has 0 fully saturated rings. The van der Waals surface area contributed by atoms with Gasteiger partial charge < -0.3 is 9.84 Å². The van der Waals surface area contributed by atoms with Crippen LogP contribution in [0.4, 0.5) is 0 Å². The Hall–Kier alpha value is -0.0800. The fourth-order valence-electron chi connectivity index (χ4n) is 1.21. The molecule has 0 rings (SSSR count). The van der Waals surface area contributed by atoms with Crippen LogP contribution < -0.4 is 0 Å². The van der Waals surface area contributed by atoms with Gasteiger partial charge in [-0.15, -0.1) is 0 Å². The molecule has 0 saturated heterocycles. The Morgan fingerprint density at radius 2 is 1.83 bits per heavy atom. The molecule has 0 aromatic heterocycles. The number of aliphatic hydroxyl groups is 1. The molecule has 0 aliphatic rings. The van der Waals surface area contributed by atoms with Crippen molar-refractivity contribution in [2.45, 2.75) is 39.7 Å². The fraction of sp³-hybridized carbons (Fsp3) is 1.00. The molecule has 0 aromatic rings. The van der Waals surface area contributed by atoms with Crippen LogP contribution in [-0.4, -0.2) is 24.9 Å². The summed E-state index contributed by atoms with van der Waals surface area (Å²) in [6, 6.07) is 0. The topological polar surface area (TPSA) is 29.5 Å². The largest absolute Gasteiger partial charge is 0.393 e. The second-order valence-electron chi connectivity index (χ2n) is 3.96. The standard InChI is InChI=1S/C10H22O2/c1-8(2)7-10(11)9(3)5-6-12-4/h8-11H,5-7H2,1-4H3. The lowest BCUT2D eigenvalue weighted by Gasteiger charge is -2.19. The minimum Gasteiger partial charge on any atom is -0.393 e. The van der Waals surface area contributed by atoms with Crippen LogP contribution in [0.5, 0.6) is 0 Å². The maximum absolute atomic E-state index is 9.66. The third kappa shape index (κ3) is 5.56. The van der Waals surface area contributed by atoms with Crippen LogP contribution in [0.3, 0.4) is 0 Å². The van der Waals surface area contributed by atoms with Crippen molar-refractivity contribution in [1.29, 1.82) is 0 Å². The zero-order chi connectivity index (χ0) is 9.56. The molecule has 12 heavy (non-hydrogen) atoms. The second-order valence-corrected chi connectivity index (χ2v) is 3.96. The van der Waals surface area contributed by atoms with Gasteiger partial charge in [-0.3, -0.25) is 0 Å². The number of hydrogen-bond donors (Lipinski definition) is 1. The summed E-state index contributed by atoms with van der Waals surface area (Å²) in [4.78, 5) is 0. The summed E-state index contributed by atoms with van der Waals surface area (Å²) in [6.07, 6.45) is 1.68. The van der Waals surface area contributed by atoms with E-state index in [2.05, 4.69) is 20.8 Å². The van der Waals surface area contributed by atoms with Gasteiger partial charge >= 0.3 is 0 Å². The third-order valence-corrected chi connectivity index (χ3v) is 2.15. The molecule has 0 bridgehead atoms. The van der Waals surface area contributed by atoms with Gasteiger partial charge in [0.2, 0.25) is 0 Å². The van der Waals surface area contributed by atoms with Crippen molar-refractivity contribution in [3.05, 3.63) is 0 Å². The van der Waals surface area contributed by atoms with Crippen molar-refractivity contribution in [3.8, 4) is 0 Å². The van der Waals surface area contributed by atoms with E-state index in [1.807, 2.05) is 0 Å². The minimum absolute atomic E-state index is 0.167. The van der Waals surface area contributed by atoms with Crippen molar-refractivity contribution in [1.82, 2.24) is 0 Å². The zero-order valence-corrected chi connectivity index (χ0v) is 8.71. The molecule has 0 aliphatic heterocycles. The number of rotatable bonds is 6. The average molecular weight is 174 g/mol. The highest BCUT2D eigenvalue weighted by Crippen LogP contribution is 2.15. The van der Waals surface area contributed by atoms with E-state index in [1.54, 1.807) is 7.11 Å². The Morgan fingerprint density at radius 1 is 1.25 bits per heavy atom. The van der Waals surface area contributed by atoms with Crippen molar-refractivity contribution in [3.63, 3.8) is 0 Å². The quantitative estimate of drug-likeness (QED) is 0.668. The lowest BCUT2D eigenvalue weighted by molar-refractivity contribution is 0.0724. The summed E-state index contributed by atoms with van der Waals surface area (Å²) in [5.74, 6) is 0.928. The summed E-state index contributed by atoms with van der Waals surface area (Å²) in [5.41, 5.74) is 0. The molecule has 2 unspecified atom stereocenters. The molecular formula is C10H22O2. The number of methoxy groups -OCH3 is 1. The zero-order valence-electron chi connectivity index (χ0n) is 8.71. The van der Waals surface area contributed by atoms with E-state index in [-0.39, 0.29) is 6.10 Å². The fourth-order valence-corrected chi connectivity index (χ4v) is 1.21. The predicted octanol–water partition coefficient (Wildman–Crippen LogP) is 2.07.